The molecule has 1 fully saturated rings. The van der Waals surface area contributed by atoms with Crippen LogP contribution >= 0.6 is 8.58 Å². The average molecular weight is 399 g/mol. The molecule has 1 aromatic carbocycles. The number of hydrogen-bond acceptors (Lipinski definition) is 5. The maximum absolute atomic E-state index is 12.9. The molecule has 3 aliphatic heterocycles. The van der Waals surface area contributed by atoms with Crippen LogP contribution in [0.2, 0.25) is 0 Å². The number of nitrogens with two attached hydrogens (primary N) is 1. The van der Waals surface area contributed by atoms with E-state index in [1.807, 2.05) is 29.3 Å². The van der Waals surface area contributed by atoms with Gasteiger partial charge in [-0.2, -0.15) is 0 Å². The van der Waals surface area contributed by atoms with Crippen LogP contribution in [0.15, 0.2) is 48.3 Å². The lowest BCUT2D eigenvalue weighted by atomic mass is 10.1. The number of hydrogen-bond donors (Lipinski definition) is 1. The van der Waals surface area contributed by atoms with Crippen molar-refractivity contribution in [3.05, 3.63) is 53.9 Å². The van der Waals surface area contributed by atoms with Gasteiger partial charge >= 0.3 is 0 Å². The first-order chi connectivity index (χ1) is 13.6. The Hall–Kier alpha value is -2.30. The lowest BCUT2D eigenvalue weighted by Crippen LogP contribution is -2.42. The van der Waals surface area contributed by atoms with E-state index < -0.39 is 0 Å². The molecule has 2 atom stereocenters. The summed E-state index contributed by atoms with van der Waals surface area (Å²) in [7, 11) is 3.71. The van der Waals surface area contributed by atoms with Crippen molar-refractivity contribution in [2.75, 3.05) is 27.3 Å². The number of carbonyl (C=O) groups excluding carboxylic acids is 1. The second-order valence-electron chi connectivity index (χ2n) is 7.20. The van der Waals surface area contributed by atoms with Crippen molar-refractivity contribution in [3.8, 4) is 11.5 Å². The van der Waals surface area contributed by atoms with Crippen molar-refractivity contribution in [3.63, 3.8) is 0 Å². The number of benzene rings is 1. The van der Waals surface area contributed by atoms with Gasteiger partial charge in [-0.25, -0.2) is 0 Å². The van der Waals surface area contributed by atoms with Gasteiger partial charge in [-0.05, 0) is 41.9 Å². The molecule has 0 spiro atoms. The first kappa shape index (κ1) is 19.0. The molecule has 0 aliphatic carbocycles. The molecule has 1 saturated heterocycles. The summed E-state index contributed by atoms with van der Waals surface area (Å²) >= 11 is 0. The molecule has 1 aromatic rings. The van der Waals surface area contributed by atoms with E-state index in [9.17, 15) is 4.79 Å². The molecule has 28 heavy (non-hydrogen) atoms. The zero-order valence-corrected chi connectivity index (χ0v) is 17.2. The molecule has 0 saturated carbocycles. The van der Waals surface area contributed by atoms with Crippen LogP contribution in [-0.2, 0) is 4.79 Å². The molecule has 2 unspecified atom stereocenters. The monoisotopic (exact) mass is 399 g/mol. The molecule has 148 valence electrons. The number of fused-ring (bicyclic) bond motifs is 1. The number of carbonyl (C=O) groups is 1. The summed E-state index contributed by atoms with van der Waals surface area (Å²) in [5, 5.41) is 1.04. The van der Waals surface area contributed by atoms with Crippen molar-refractivity contribution in [1.82, 2.24) is 9.80 Å². The van der Waals surface area contributed by atoms with Crippen LogP contribution in [0.4, 0.5) is 0 Å². The molecule has 2 N–H and O–H groups in total. The third kappa shape index (κ3) is 3.67. The van der Waals surface area contributed by atoms with Crippen molar-refractivity contribution in [1.29, 1.82) is 0 Å². The number of rotatable bonds is 4. The molecule has 7 heteroatoms. The van der Waals surface area contributed by atoms with Gasteiger partial charge < -0.3 is 25.0 Å². The Bertz CT molecular complexity index is 856. The summed E-state index contributed by atoms with van der Waals surface area (Å²) in [6.45, 7) is 1.89. The summed E-state index contributed by atoms with van der Waals surface area (Å²) < 4.78 is 10.7. The molecular weight excluding hydrogens is 373 g/mol. The van der Waals surface area contributed by atoms with Gasteiger partial charge in [-0.15, -0.1) is 0 Å². The Labute approximate surface area is 167 Å². The molecule has 0 bridgehead atoms. The van der Waals surface area contributed by atoms with Crippen molar-refractivity contribution in [2.45, 2.75) is 24.7 Å². The highest BCUT2D eigenvalue weighted by molar-refractivity contribution is 7.51. The Kier molecular flexibility index (Phi) is 5.42. The minimum absolute atomic E-state index is 0.0177. The number of amides is 1. The van der Waals surface area contributed by atoms with E-state index in [1.54, 1.807) is 20.3 Å². The van der Waals surface area contributed by atoms with Crippen molar-refractivity contribution in [2.24, 2.45) is 5.73 Å². The third-order valence-corrected chi connectivity index (χ3v) is 6.96. The highest BCUT2D eigenvalue weighted by atomic mass is 31.1. The summed E-state index contributed by atoms with van der Waals surface area (Å²) in [5.41, 5.74) is 8.11. The number of ether oxygens (including phenoxy) is 2. The number of piperidine rings is 1. The smallest absolute Gasteiger partial charge is 0.252 e. The molecule has 3 heterocycles. The van der Waals surface area contributed by atoms with Gasteiger partial charge in [0.15, 0.2) is 11.5 Å². The van der Waals surface area contributed by atoms with Crippen molar-refractivity contribution < 1.29 is 14.3 Å². The Morgan fingerprint density at radius 2 is 1.89 bits per heavy atom. The summed E-state index contributed by atoms with van der Waals surface area (Å²) in [6, 6.07) is 6.09. The topological polar surface area (TPSA) is 68.0 Å². The average Bonchev–Trinajstić information content (AvgIpc) is 2.73. The standard InChI is InChI=1S/C21H26N3O3P/c1-26-17-5-3-14(11-18(17)27-2)19-12-20(25)24-13-16(4-6-21(24)28-19)23-9-7-15(22)8-10-23/h3-6,11-13,15,21,28H,7-10,22H2,1-2H3. The van der Waals surface area contributed by atoms with E-state index in [1.165, 1.54) is 0 Å². The van der Waals surface area contributed by atoms with Crippen LogP contribution in [-0.4, -0.2) is 54.8 Å². The number of methoxy groups -OCH3 is 2. The van der Waals surface area contributed by atoms with Crippen molar-refractivity contribution >= 4 is 19.8 Å². The zero-order valence-electron chi connectivity index (χ0n) is 16.2. The van der Waals surface area contributed by atoms with Crippen LogP contribution in [0.25, 0.3) is 5.31 Å². The first-order valence-corrected chi connectivity index (χ1v) is 10.6. The molecule has 4 rings (SSSR count). The number of allylic oxidation sites excluding steroid dienone is 1. The van der Waals surface area contributed by atoms with Gasteiger partial charge in [-0.3, -0.25) is 4.79 Å². The van der Waals surface area contributed by atoms with Gasteiger partial charge in [0.1, 0.15) is 0 Å². The lowest BCUT2D eigenvalue weighted by molar-refractivity contribution is -0.123. The Morgan fingerprint density at radius 3 is 2.61 bits per heavy atom. The van der Waals surface area contributed by atoms with Gasteiger partial charge in [0, 0.05) is 31.4 Å². The maximum Gasteiger partial charge on any atom is 0.252 e. The predicted octanol–water partition coefficient (Wildman–Crippen LogP) is 2.73. The van der Waals surface area contributed by atoms with Crippen LogP contribution in [0, 0.1) is 0 Å². The molecular formula is C21H26N3O3P. The Balaban J connectivity index is 1.55. The fourth-order valence-corrected chi connectivity index (χ4v) is 5.16. The zero-order chi connectivity index (χ0) is 19.7. The first-order valence-electron chi connectivity index (χ1n) is 9.52. The van der Waals surface area contributed by atoms with E-state index in [0.29, 0.717) is 26.1 Å². The van der Waals surface area contributed by atoms with E-state index in [2.05, 4.69) is 17.1 Å². The minimum Gasteiger partial charge on any atom is -0.493 e. The normalized spacial score (nSPS) is 23.4. The third-order valence-electron chi connectivity index (χ3n) is 5.45. The van der Waals surface area contributed by atoms with E-state index in [4.69, 9.17) is 15.2 Å². The predicted molar refractivity (Wildman–Crippen MR) is 112 cm³/mol. The van der Waals surface area contributed by atoms with E-state index in [-0.39, 0.29) is 11.7 Å². The molecule has 1 amide bonds. The number of nitrogens with zero attached hydrogens (tertiary/aromatic N) is 2. The molecule has 0 radical (unpaired) electrons. The summed E-state index contributed by atoms with van der Waals surface area (Å²) in [4.78, 5) is 17.0. The van der Waals surface area contributed by atoms with E-state index >= 15 is 0 Å². The van der Waals surface area contributed by atoms with Gasteiger partial charge in [0.05, 0.1) is 25.7 Å². The van der Waals surface area contributed by atoms with Crippen LogP contribution < -0.4 is 15.2 Å². The summed E-state index contributed by atoms with van der Waals surface area (Å²) in [5.74, 6) is 1.44. The fourth-order valence-electron chi connectivity index (χ4n) is 3.78. The molecule has 3 aliphatic rings. The summed E-state index contributed by atoms with van der Waals surface area (Å²) in [6.07, 6.45) is 10.0. The maximum atomic E-state index is 12.9. The highest BCUT2D eigenvalue weighted by Crippen LogP contribution is 2.46. The van der Waals surface area contributed by atoms with Crippen LogP contribution in [0.1, 0.15) is 18.4 Å². The second-order valence-corrected chi connectivity index (χ2v) is 8.62. The highest BCUT2D eigenvalue weighted by Gasteiger charge is 2.30. The van der Waals surface area contributed by atoms with Crippen LogP contribution in [0.3, 0.4) is 0 Å². The van der Waals surface area contributed by atoms with Gasteiger partial charge in [0.2, 0.25) is 0 Å². The Morgan fingerprint density at radius 1 is 1.14 bits per heavy atom. The SMILES string of the molecule is COc1ccc(C2=CC(=O)N3C=C(N4CCC(N)CC4)C=CC3P2)cc1OC. The number of likely N-dealkylation sites (tertiary alicyclic amines) is 1. The molecule has 6 nitrogen and oxygen atoms in total. The van der Waals surface area contributed by atoms with Gasteiger partial charge in [-0.1, -0.05) is 20.7 Å². The van der Waals surface area contributed by atoms with Crippen LogP contribution in [0.5, 0.6) is 11.5 Å². The quantitative estimate of drug-likeness (QED) is 0.789. The molecule has 0 aromatic heterocycles. The van der Waals surface area contributed by atoms with Gasteiger partial charge in [0.25, 0.3) is 5.91 Å². The minimum atomic E-state index is 0.0177. The lowest BCUT2D eigenvalue weighted by Gasteiger charge is -2.38. The van der Waals surface area contributed by atoms with E-state index in [0.717, 1.165) is 42.5 Å². The largest absolute Gasteiger partial charge is 0.493 e. The fraction of sp³-hybridized carbons (Fsp3) is 0.381. The second kappa shape index (κ2) is 7.98.